The molecule has 9 heteroatoms. The fourth-order valence-electron chi connectivity index (χ4n) is 2.95. The van der Waals surface area contributed by atoms with Gasteiger partial charge in [-0.25, -0.2) is 9.79 Å². The van der Waals surface area contributed by atoms with Crippen LogP contribution in [0.4, 0.5) is 5.69 Å². The molecule has 2 heterocycles. The van der Waals surface area contributed by atoms with Crippen molar-refractivity contribution in [3.05, 3.63) is 93.6 Å². The molecule has 0 aliphatic carbocycles. The number of nitro benzene ring substituents is 1. The molecule has 9 nitrogen and oxygen atoms in total. The quantitative estimate of drug-likeness (QED) is 0.222. The second kappa shape index (κ2) is 9.17. The number of esters is 1. The fourth-order valence-corrected chi connectivity index (χ4v) is 2.95. The van der Waals surface area contributed by atoms with Crippen molar-refractivity contribution in [2.24, 2.45) is 4.99 Å². The lowest BCUT2D eigenvalue weighted by Crippen LogP contribution is -2.04. The van der Waals surface area contributed by atoms with Crippen LogP contribution in [-0.4, -0.2) is 23.4 Å². The maximum absolute atomic E-state index is 12.1. The first kappa shape index (κ1) is 20.9. The Bertz CT molecular complexity index is 1200. The van der Waals surface area contributed by atoms with Crippen molar-refractivity contribution in [3.63, 3.8) is 0 Å². The molecule has 0 fully saturated rings. The average molecular weight is 434 g/mol. The molecule has 4 rings (SSSR count). The van der Waals surface area contributed by atoms with Crippen LogP contribution in [0.15, 0.2) is 76.0 Å². The van der Waals surface area contributed by atoms with Crippen molar-refractivity contribution in [2.45, 2.75) is 13.5 Å². The number of ether oxygens (including phenoxy) is 3. The highest BCUT2D eigenvalue weighted by atomic mass is 16.6. The molecule has 0 unspecified atom stereocenters. The first-order valence-corrected chi connectivity index (χ1v) is 9.73. The number of aliphatic imine (C=N–C) groups is 1. The van der Waals surface area contributed by atoms with Gasteiger partial charge in [0.2, 0.25) is 0 Å². The Kier molecular flexibility index (Phi) is 5.98. The molecule has 0 saturated carbocycles. The summed E-state index contributed by atoms with van der Waals surface area (Å²) in [6.07, 6.45) is 3.05. The minimum atomic E-state index is -0.576. The van der Waals surface area contributed by atoms with Gasteiger partial charge in [-0.3, -0.25) is 10.1 Å². The van der Waals surface area contributed by atoms with Crippen molar-refractivity contribution in [3.8, 4) is 11.5 Å². The third-order valence-electron chi connectivity index (χ3n) is 4.46. The summed E-state index contributed by atoms with van der Waals surface area (Å²) in [5.74, 6) is 0.894. The number of nitrogens with zero attached hydrogens (tertiary/aromatic N) is 2. The molecule has 0 atom stereocenters. The Balaban J connectivity index is 1.52. The van der Waals surface area contributed by atoms with Gasteiger partial charge in [-0.2, -0.15) is 0 Å². The van der Waals surface area contributed by atoms with E-state index >= 15 is 0 Å². The lowest BCUT2D eigenvalue weighted by molar-refractivity contribution is -0.384. The topological polar surface area (TPSA) is 113 Å². The molecule has 0 amide bonds. The summed E-state index contributed by atoms with van der Waals surface area (Å²) < 4.78 is 21.9. The first-order valence-electron chi connectivity index (χ1n) is 9.73. The van der Waals surface area contributed by atoms with E-state index < -0.39 is 10.9 Å². The average Bonchev–Trinajstić information content (AvgIpc) is 3.44. The molecule has 0 radical (unpaired) electrons. The van der Waals surface area contributed by atoms with E-state index in [1.54, 1.807) is 48.5 Å². The van der Waals surface area contributed by atoms with Crippen molar-refractivity contribution >= 4 is 23.6 Å². The van der Waals surface area contributed by atoms with Gasteiger partial charge in [-0.1, -0.05) is 6.07 Å². The van der Waals surface area contributed by atoms with E-state index in [9.17, 15) is 14.9 Å². The number of rotatable bonds is 8. The maximum Gasteiger partial charge on any atom is 0.363 e. The van der Waals surface area contributed by atoms with Crippen LogP contribution in [0.3, 0.4) is 0 Å². The van der Waals surface area contributed by atoms with E-state index in [1.807, 2.05) is 6.92 Å². The van der Waals surface area contributed by atoms with E-state index in [1.165, 1.54) is 18.4 Å². The first-order chi connectivity index (χ1) is 15.5. The van der Waals surface area contributed by atoms with Gasteiger partial charge >= 0.3 is 5.97 Å². The molecule has 1 aliphatic heterocycles. The number of cyclic esters (lactones) is 1. The minimum absolute atomic E-state index is 0.0180. The zero-order valence-corrected chi connectivity index (χ0v) is 17.0. The number of hydrogen-bond donors (Lipinski definition) is 0. The van der Waals surface area contributed by atoms with Crippen LogP contribution in [0.25, 0.3) is 6.08 Å². The Morgan fingerprint density at radius 1 is 1.09 bits per heavy atom. The monoisotopic (exact) mass is 434 g/mol. The van der Waals surface area contributed by atoms with Gasteiger partial charge in [0.1, 0.15) is 6.61 Å². The van der Waals surface area contributed by atoms with Crippen LogP contribution < -0.4 is 9.47 Å². The Hall–Kier alpha value is -4.40. The van der Waals surface area contributed by atoms with E-state index in [-0.39, 0.29) is 23.9 Å². The number of furan rings is 1. The highest BCUT2D eigenvalue weighted by molar-refractivity contribution is 6.11. The standard InChI is InChI=1S/C23H18N2O7/c1-2-29-21-13-16(12-18-23(26)32-22(24-18)20-4-3-11-30-20)7-10-19(21)31-14-15-5-8-17(9-6-15)25(27)28/h3-13H,2,14H2,1H3/b18-12-. The largest absolute Gasteiger partial charge is 0.490 e. The van der Waals surface area contributed by atoms with Gasteiger partial charge in [-0.05, 0) is 60.5 Å². The lowest BCUT2D eigenvalue weighted by Gasteiger charge is -2.13. The smallest absolute Gasteiger partial charge is 0.363 e. The summed E-state index contributed by atoms with van der Waals surface area (Å²) in [6, 6.07) is 14.7. The molecule has 1 aliphatic rings. The number of carbonyl (C=O) groups is 1. The van der Waals surface area contributed by atoms with E-state index in [2.05, 4.69) is 4.99 Å². The van der Waals surface area contributed by atoms with Gasteiger partial charge in [0.15, 0.2) is 23.0 Å². The predicted molar refractivity (Wildman–Crippen MR) is 114 cm³/mol. The van der Waals surface area contributed by atoms with Gasteiger partial charge in [-0.15, -0.1) is 0 Å². The third-order valence-corrected chi connectivity index (χ3v) is 4.46. The van der Waals surface area contributed by atoms with E-state index in [0.29, 0.717) is 29.4 Å². The molecule has 0 spiro atoms. The summed E-state index contributed by atoms with van der Waals surface area (Å²) in [6.45, 7) is 2.47. The van der Waals surface area contributed by atoms with Crippen molar-refractivity contribution in [2.75, 3.05) is 6.61 Å². The second-order valence-electron chi connectivity index (χ2n) is 6.66. The highest BCUT2D eigenvalue weighted by Gasteiger charge is 2.25. The second-order valence-corrected chi connectivity index (χ2v) is 6.66. The summed E-state index contributed by atoms with van der Waals surface area (Å²) in [7, 11) is 0. The molecule has 3 aromatic rings. The Morgan fingerprint density at radius 2 is 1.91 bits per heavy atom. The molecular formula is C23H18N2O7. The number of non-ortho nitro benzene ring substituents is 1. The van der Waals surface area contributed by atoms with E-state index in [4.69, 9.17) is 18.6 Å². The van der Waals surface area contributed by atoms with Gasteiger partial charge < -0.3 is 18.6 Å². The summed E-state index contributed by atoms with van der Waals surface area (Å²) in [5.41, 5.74) is 1.60. The van der Waals surface area contributed by atoms with Crippen LogP contribution in [0.5, 0.6) is 11.5 Å². The van der Waals surface area contributed by atoms with Gasteiger partial charge in [0, 0.05) is 12.1 Å². The number of nitro groups is 1. The summed E-state index contributed by atoms with van der Waals surface area (Å²) in [4.78, 5) is 26.7. The molecule has 0 saturated heterocycles. The molecule has 2 aromatic carbocycles. The Labute approximate surface area is 182 Å². The Morgan fingerprint density at radius 3 is 2.59 bits per heavy atom. The normalized spacial score (nSPS) is 14.2. The van der Waals surface area contributed by atoms with Crippen molar-refractivity contribution in [1.29, 1.82) is 0 Å². The van der Waals surface area contributed by atoms with Crippen LogP contribution in [-0.2, 0) is 16.1 Å². The molecule has 0 bridgehead atoms. The number of hydrogen-bond acceptors (Lipinski definition) is 8. The lowest BCUT2D eigenvalue weighted by atomic mass is 10.1. The van der Waals surface area contributed by atoms with Crippen molar-refractivity contribution in [1.82, 2.24) is 0 Å². The molecule has 162 valence electrons. The molecule has 0 N–H and O–H groups in total. The van der Waals surface area contributed by atoms with Gasteiger partial charge in [0.05, 0.1) is 17.8 Å². The van der Waals surface area contributed by atoms with Gasteiger partial charge in [0.25, 0.3) is 11.6 Å². The SMILES string of the molecule is CCOc1cc(/C=C2\N=C(c3ccco3)OC2=O)ccc1OCc1ccc([N+](=O)[O-])cc1. The summed E-state index contributed by atoms with van der Waals surface area (Å²) >= 11 is 0. The third kappa shape index (κ3) is 4.67. The van der Waals surface area contributed by atoms with Crippen LogP contribution in [0, 0.1) is 10.1 Å². The molecule has 1 aromatic heterocycles. The van der Waals surface area contributed by atoms with Crippen molar-refractivity contribution < 1.29 is 28.3 Å². The zero-order valence-electron chi connectivity index (χ0n) is 17.0. The molecular weight excluding hydrogens is 416 g/mol. The fraction of sp³-hybridized carbons (Fsp3) is 0.130. The number of benzene rings is 2. The van der Waals surface area contributed by atoms with Crippen LogP contribution >= 0.6 is 0 Å². The minimum Gasteiger partial charge on any atom is -0.490 e. The predicted octanol–water partition coefficient (Wildman–Crippen LogP) is 4.51. The highest BCUT2D eigenvalue weighted by Crippen LogP contribution is 2.31. The van der Waals surface area contributed by atoms with Crippen LogP contribution in [0.1, 0.15) is 23.8 Å². The molecule has 32 heavy (non-hydrogen) atoms. The summed E-state index contributed by atoms with van der Waals surface area (Å²) in [5, 5.41) is 10.8. The zero-order chi connectivity index (χ0) is 22.5. The number of carbonyl (C=O) groups excluding carboxylic acids is 1. The van der Waals surface area contributed by atoms with E-state index in [0.717, 1.165) is 5.56 Å². The van der Waals surface area contributed by atoms with Crippen LogP contribution in [0.2, 0.25) is 0 Å². The maximum atomic E-state index is 12.1.